The predicted octanol–water partition coefficient (Wildman–Crippen LogP) is 2.92. The monoisotopic (exact) mass is 256 g/mol. The summed E-state index contributed by atoms with van der Waals surface area (Å²) in [7, 11) is 0. The maximum Gasteiger partial charge on any atom is 0.162 e. The number of hydrogen-bond acceptors (Lipinski definition) is 4. The topological polar surface area (TPSA) is 63.8 Å². The number of hydrogen-bond donors (Lipinski definition) is 2. The molecular weight excluding hydrogens is 236 g/mol. The Morgan fingerprint density at radius 1 is 1.16 bits per heavy atom. The first-order valence-corrected chi connectivity index (χ1v) is 6.48. The average molecular weight is 256 g/mol. The van der Waals surface area contributed by atoms with Gasteiger partial charge in [0.05, 0.1) is 0 Å². The Morgan fingerprint density at radius 3 is 2.53 bits per heavy atom. The second kappa shape index (κ2) is 5.36. The molecule has 2 rings (SSSR count). The van der Waals surface area contributed by atoms with Crippen molar-refractivity contribution in [3.63, 3.8) is 0 Å². The Balaban J connectivity index is 2.63. The van der Waals surface area contributed by atoms with Crippen molar-refractivity contribution in [2.24, 2.45) is 5.84 Å². The third-order valence-corrected chi connectivity index (χ3v) is 3.34. The third kappa shape index (κ3) is 2.58. The van der Waals surface area contributed by atoms with Gasteiger partial charge in [0.15, 0.2) is 5.82 Å². The van der Waals surface area contributed by atoms with E-state index in [2.05, 4.69) is 54.4 Å². The molecule has 0 aliphatic rings. The number of aromatic nitrogens is 2. The van der Waals surface area contributed by atoms with E-state index in [4.69, 9.17) is 5.84 Å². The maximum atomic E-state index is 5.57. The second-order valence-corrected chi connectivity index (χ2v) is 4.78. The summed E-state index contributed by atoms with van der Waals surface area (Å²) in [5.74, 6) is 7.01. The third-order valence-electron chi connectivity index (χ3n) is 3.34. The van der Waals surface area contributed by atoms with Crippen LogP contribution in [0, 0.1) is 20.8 Å². The zero-order valence-electron chi connectivity index (χ0n) is 11.9. The molecule has 0 unspecified atom stereocenters. The zero-order chi connectivity index (χ0) is 14.0. The zero-order valence-corrected chi connectivity index (χ0v) is 11.9. The molecule has 1 heterocycles. The summed E-state index contributed by atoms with van der Waals surface area (Å²) in [5, 5.41) is 0. The van der Waals surface area contributed by atoms with Crippen LogP contribution in [0.2, 0.25) is 0 Å². The van der Waals surface area contributed by atoms with Gasteiger partial charge in [-0.2, -0.15) is 0 Å². The van der Waals surface area contributed by atoms with Gasteiger partial charge in [-0.05, 0) is 38.8 Å². The van der Waals surface area contributed by atoms with E-state index in [9.17, 15) is 0 Å². The fraction of sp³-hybridized carbons (Fsp3) is 0.333. The van der Waals surface area contributed by atoms with Crippen LogP contribution in [-0.4, -0.2) is 9.97 Å². The van der Waals surface area contributed by atoms with Crippen molar-refractivity contribution in [1.29, 1.82) is 0 Å². The summed E-state index contributed by atoms with van der Waals surface area (Å²) in [5.41, 5.74) is 8.14. The first-order chi connectivity index (χ1) is 9.06. The van der Waals surface area contributed by atoms with E-state index < -0.39 is 0 Å². The van der Waals surface area contributed by atoms with Crippen molar-refractivity contribution >= 4 is 5.82 Å². The molecule has 0 bridgehead atoms. The Morgan fingerprint density at radius 2 is 1.89 bits per heavy atom. The quantitative estimate of drug-likeness (QED) is 0.654. The predicted molar refractivity (Wildman–Crippen MR) is 78.9 cm³/mol. The lowest BCUT2D eigenvalue weighted by Crippen LogP contribution is -2.13. The fourth-order valence-electron chi connectivity index (χ4n) is 2.24. The molecule has 0 fully saturated rings. The molecule has 1 aromatic carbocycles. The number of aryl methyl sites for hydroxylation is 3. The molecule has 0 saturated carbocycles. The van der Waals surface area contributed by atoms with Gasteiger partial charge in [-0.3, -0.25) is 0 Å². The maximum absolute atomic E-state index is 5.57. The van der Waals surface area contributed by atoms with Gasteiger partial charge in [0.25, 0.3) is 0 Å². The van der Waals surface area contributed by atoms with Crippen LogP contribution in [0.4, 0.5) is 5.82 Å². The van der Waals surface area contributed by atoms with Gasteiger partial charge in [-0.25, -0.2) is 15.8 Å². The van der Waals surface area contributed by atoms with Gasteiger partial charge in [0, 0.05) is 16.8 Å². The van der Waals surface area contributed by atoms with Gasteiger partial charge in [0.2, 0.25) is 0 Å². The number of benzene rings is 1. The van der Waals surface area contributed by atoms with Crippen LogP contribution in [0.3, 0.4) is 0 Å². The van der Waals surface area contributed by atoms with E-state index in [0.717, 1.165) is 34.6 Å². The van der Waals surface area contributed by atoms with Gasteiger partial charge < -0.3 is 5.43 Å². The van der Waals surface area contributed by atoms with Gasteiger partial charge in [0.1, 0.15) is 5.82 Å². The molecule has 0 atom stereocenters. The number of rotatable bonds is 3. The molecule has 100 valence electrons. The van der Waals surface area contributed by atoms with E-state index in [1.54, 1.807) is 0 Å². The van der Waals surface area contributed by atoms with Crippen LogP contribution < -0.4 is 11.3 Å². The minimum Gasteiger partial charge on any atom is -0.308 e. The molecule has 3 N–H and O–H groups in total. The van der Waals surface area contributed by atoms with Crippen LogP contribution >= 0.6 is 0 Å². The summed E-state index contributed by atoms with van der Waals surface area (Å²) < 4.78 is 0. The Kier molecular flexibility index (Phi) is 3.81. The van der Waals surface area contributed by atoms with Crippen molar-refractivity contribution in [3.05, 3.63) is 40.6 Å². The van der Waals surface area contributed by atoms with Crippen molar-refractivity contribution < 1.29 is 0 Å². The molecule has 4 nitrogen and oxygen atoms in total. The van der Waals surface area contributed by atoms with Crippen LogP contribution in [-0.2, 0) is 6.42 Å². The second-order valence-electron chi connectivity index (χ2n) is 4.78. The molecule has 0 aliphatic carbocycles. The summed E-state index contributed by atoms with van der Waals surface area (Å²) in [6, 6.07) is 6.29. The Hall–Kier alpha value is -1.94. The number of nitrogens with two attached hydrogens (primary N) is 1. The highest BCUT2D eigenvalue weighted by Gasteiger charge is 2.12. The molecule has 0 radical (unpaired) electrons. The number of nitrogens with zero attached hydrogens (tertiary/aromatic N) is 2. The number of nitrogens with one attached hydrogen (secondary N) is 1. The molecule has 19 heavy (non-hydrogen) atoms. The van der Waals surface area contributed by atoms with E-state index in [0.29, 0.717) is 5.82 Å². The molecule has 0 spiro atoms. The largest absolute Gasteiger partial charge is 0.308 e. The number of hydrazine groups is 1. The van der Waals surface area contributed by atoms with E-state index in [1.807, 2.05) is 6.92 Å². The molecule has 0 saturated heterocycles. The fourth-order valence-corrected chi connectivity index (χ4v) is 2.24. The van der Waals surface area contributed by atoms with Crippen molar-refractivity contribution in [2.75, 3.05) is 5.43 Å². The minimum absolute atomic E-state index is 0.714. The van der Waals surface area contributed by atoms with Gasteiger partial charge in [-0.1, -0.05) is 24.6 Å². The minimum atomic E-state index is 0.714. The van der Waals surface area contributed by atoms with E-state index >= 15 is 0 Å². The van der Waals surface area contributed by atoms with Crippen molar-refractivity contribution in [3.8, 4) is 11.4 Å². The lowest BCUT2D eigenvalue weighted by atomic mass is 10.0. The lowest BCUT2D eigenvalue weighted by molar-refractivity contribution is 0.993. The molecule has 4 heteroatoms. The normalized spacial score (nSPS) is 10.6. The summed E-state index contributed by atoms with van der Waals surface area (Å²) in [6.07, 6.45) is 0.860. The summed E-state index contributed by atoms with van der Waals surface area (Å²) >= 11 is 0. The SMILES string of the molecule is CCc1c(C)nc(-c2cc(C)ccc2C)nc1NN. The number of nitrogen functional groups attached to an aromatic ring is 1. The summed E-state index contributed by atoms with van der Waals surface area (Å²) in [4.78, 5) is 9.17. The molecule has 0 aliphatic heterocycles. The smallest absolute Gasteiger partial charge is 0.162 e. The van der Waals surface area contributed by atoms with Gasteiger partial charge >= 0.3 is 0 Å². The van der Waals surface area contributed by atoms with Gasteiger partial charge in [-0.15, -0.1) is 0 Å². The highest BCUT2D eigenvalue weighted by Crippen LogP contribution is 2.25. The van der Waals surface area contributed by atoms with Crippen LogP contribution in [0.5, 0.6) is 0 Å². The Labute approximate surface area is 114 Å². The van der Waals surface area contributed by atoms with Crippen LogP contribution in [0.15, 0.2) is 18.2 Å². The lowest BCUT2D eigenvalue weighted by Gasteiger charge is -2.13. The van der Waals surface area contributed by atoms with E-state index in [-0.39, 0.29) is 0 Å². The first kappa shape index (κ1) is 13.5. The number of anilines is 1. The standard InChI is InChI=1S/C15H20N4/c1-5-12-11(4)17-14(18-15(12)19-16)13-8-9(2)6-7-10(13)3/h6-8H,5,16H2,1-4H3,(H,17,18,19). The Bertz CT molecular complexity index is 605. The molecule has 0 amide bonds. The van der Waals surface area contributed by atoms with E-state index in [1.165, 1.54) is 5.56 Å². The average Bonchev–Trinajstić information content (AvgIpc) is 2.40. The van der Waals surface area contributed by atoms with Crippen LogP contribution in [0.1, 0.15) is 29.3 Å². The molecule has 1 aromatic heterocycles. The molecular formula is C15H20N4. The molecule has 2 aromatic rings. The summed E-state index contributed by atoms with van der Waals surface area (Å²) in [6.45, 7) is 8.20. The highest BCUT2D eigenvalue weighted by molar-refractivity contribution is 5.64. The van der Waals surface area contributed by atoms with Crippen molar-refractivity contribution in [2.45, 2.75) is 34.1 Å². The highest BCUT2D eigenvalue weighted by atomic mass is 15.3. The van der Waals surface area contributed by atoms with Crippen molar-refractivity contribution in [1.82, 2.24) is 9.97 Å². The van der Waals surface area contributed by atoms with Crippen LogP contribution in [0.25, 0.3) is 11.4 Å². The first-order valence-electron chi connectivity index (χ1n) is 6.48.